The number of nitrogens with zero attached hydrogens (tertiary/aromatic N) is 5. The Balaban J connectivity index is 2.09. The van der Waals surface area contributed by atoms with Gasteiger partial charge in [-0.2, -0.15) is 0 Å². The molecule has 1 aromatic rings. The summed E-state index contributed by atoms with van der Waals surface area (Å²) < 4.78 is 6.23. The Labute approximate surface area is 192 Å². The van der Waals surface area contributed by atoms with E-state index in [1.54, 1.807) is 28.1 Å². The van der Waals surface area contributed by atoms with E-state index in [-0.39, 0.29) is 13.1 Å². The van der Waals surface area contributed by atoms with Crippen LogP contribution in [0.5, 0.6) is 0 Å². The minimum atomic E-state index is -0.964. The van der Waals surface area contributed by atoms with Gasteiger partial charge in [-0.15, -0.1) is 0 Å². The number of carboxylic acid groups (broad SMARTS) is 2. The van der Waals surface area contributed by atoms with Crippen molar-refractivity contribution in [1.29, 1.82) is 0 Å². The molecule has 0 spiro atoms. The molecule has 0 saturated carbocycles. The third kappa shape index (κ3) is 9.02. The number of carbonyl (C=O) groups is 3. The van der Waals surface area contributed by atoms with Crippen LogP contribution in [0.4, 0.5) is 0 Å². The maximum absolute atomic E-state index is 11.5. The second-order valence-electron chi connectivity index (χ2n) is 7.72. The van der Waals surface area contributed by atoms with Gasteiger partial charge >= 0.3 is 17.9 Å². The number of imidazole rings is 1. The molecule has 12 nitrogen and oxygen atoms in total. The number of rotatable bonds is 14. The molecule has 0 aliphatic carbocycles. The van der Waals surface area contributed by atoms with E-state index in [0.29, 0.717) is 51.4 Å². The zero-order valence-electron chi connectivity index (χ0n) is 18.8. The fraction of sp³-hybridized carbons (Fsp3) is 0.571. The minimum Gasteiger partial charge on any atom is -0.480 e. The van der Waals surface area contributed by atoms with Crippen LogP contribution in [0.2, 0.25) is 0 Å². The summed E-state index contributed by atoms with van der Waals surface area (Å²) in [4.78, 5) is 46.4. The van der Waals surface area contributed by atoms with Crippen LogP contribution < -0.4 is 5.73 Å². The molecule has 2 rings (SSSR count). The Morgan fingerprint density at radius 1 is 1.21 bits per heavy atom. The lowest BCUT2D eigenvalue weighted by molar-refractivity contribution is -0.142. The SMILES string of the molecule is COC(=O)C(N)CCCCN(CC1=CCN=CCN1CC(=O)O)Cc1nccn1CC(=O)O. The summed E-state index contributed by atoms with van der Waals surface area (Å²) in [6.07, 6.45) is 8.68. The molecule has 1 aliphatic rings. The molecular formula is C21H32N6O6. The molecule has 0 aromatic carbocycles. The van der Waals surface area contributed by atoms with E-state index in [1.807, 2.05) is 6.08 Å². The highest BCUT2D eigenvalue weighted by atomic mass is 16.5. The van der Waals surface area contributed by atoms with Gasteiger partial charge < -0.3 is 30.2 Å². The van der Waals surface area contributed by atoms with Crippen molar-refractivity contribution in [2.24, 2.45) is 10.7 Å². The Hall–Kier alpha value is -3.25. The van der Waals surface area contributed by atoms with Crippen molar-refractivity contribution in [2.45, 2.75) is 38.4 Å². The standard InChI is InChI=1S/C21H32N6O6/c1-33-21(32)17(22)4-2-3-9-25(13-18-24-8-11-27(18)15-20(30)31)12-16-5-6-23-7-10-26(16)14-19(28)29/h5,7-8,11,17H,2-4,6,9-10,12-15,22H2,1H3,(H,28,29)(H,30,31). The molecule has 4 N–H and O–H groups in total. The van der Waals surface area contributed by atoms with Crippen LogP contribution in [0.3, 0.4) is 0 Å². The topological polar surface area (TPSA) is 164 Å². The zero-order chi connectivity index (χ0) is 24.2. The third-order valence-electron chi connectivity index (χ3n) is 5.20. The predicted octanol–water partition coefficient (Wildman–Crippen LogP) is -0.205. The van der Waals surface area contributed by atoms with Crippen LogP contribution in [-0.2, 0) is 32.2 Å². The average molecular weight is 465 g/mol. The van der Waals surface area contributed by atoms with E-state index >= 15 is 0 Å². The molecule has 1 aromatic heterocycles. The first kappa shape index (κ1) is 26.0. The summed E-state index contributed by atoms with van der Waals surface area (Å²) in [5.74, 6) is -1.75. The van der Waals surface area contributed by atoms with Gasteiger partial charge in [-0.3, -0.25) is 24.3 Å². The third-order valence-corrected chi connectivity index (χ3v) is 5.20. The maximum Gasteiger partial charge on any atom is 0.323 e. The Morgan fingerprint density at radius 3 is 2.67 bits per heavy atom. The van der Waals surface area contributed by atoms with Gasteiger partial charge in [0.15, 0.2) is 0 Å². The summed E-state index contributed by atoms with van der Waals surface area (Å²) in [5.41, 5.74) is 6.64. The van der Waals surface area contributed by atoms with Crippen molar-refractivity contribution in [1.82, 2.24) is 19.4 Å². The van der Waals surface area contributed by atoms with Crippen LogP contribution in [0.25, 0.3) is 0 Å². The number of methoxy groups -OCH3 is 1. The highest BCUT2D eigenvalue weighted by molar-refractivity contribution is 5.75. The van der Waals surface area contributed by atoms with Crippen LogP contribution in [0.15, 0.2) is 29.2 Å². The number of hydrogen-bond donors (Lipinski definition) is 3. The molecule has 0 bridgehead atoms. The highest BCUT2D eigenvalue weighted by Crippen LogP contribution is 2.14. The van der Waals surface area contributed by atoms with Crippen molar-refractivity contribution in [3.05, 3.63) is 30.0 Å². The summed E-state index contributed by atoms with van der Waals surface area (Å²) in [5, 5.41) is 18.4. The number of carbonyl (C=O) groups excluding carboxylic acids is 1. The number of carboxylic acids is 2. The molecule has 0 fully saturated rings. The lowest BCUT2D eigenvalue weighted by atomic mass is 10.1. The van der Waals surface area contributed by atoms with Gasteiger partial charge in [0.05, 0.1) is 26.7 Å². The van der Waals surface area contributed by atoms with Gasteiger partial charge in [0, 0.05) is 30.9 Å². The van der Waals surface area contributed by atoms with E-state index in [1.165, 1.54) is 7.11 Å². The average Bonchev–Trinajstić information content (AvgIpc) is 3.07. The van der Waals surface area contributed by atoms with Crippen molar-refractivity contribution in [3.8, 4) is 0 Å². The smallest absolute Gasteiger partial charge is 0.323 e. The predicted molar refractivity (Wildman–Crippen MR) is 120 cm³/mol. The Bertz CT molecular complexity index is 867. The number of unbranched alkanes of at least 4 members (excludes halogenated alkanes) is 1. The monoisotopic (exact) mass is 464 g/mol. The second-order valence-corrected chi connectivity index (χ2v) is 7.72. The largest absolute Gasteiger partial charge is 0.480 e. The molecule has 2 heterocycles. The summed E-state index contributed by atoms with van der Waals surface area (Å²) in [6, 6.07) is -0.675. The molecule has 1 atom stereocenters. The number of esters is 1. The first-order chi connectivity index (χ1) is 15.8. The van der Waals surface area contributed by atoms with Gasteiger partial charge in [0.25, 0.3) is 0 Å². The lowest BCUT2D eigenvalue weighted by Gasteiger charge is -2.29. The number of nitrogens with two attached hydrogens (primary N) is 1. The van der Waals surface area contributed by atoms with Crippen LogP contribution >= 0.6 is 0 Å². The van der Waals surface area contributed by atoms with Crippen molar-refractivity contribution in [2.75, 3.05) is 39.8 Å². The molecule has 0 amide bonds. The summed E-state index contributed by atoms with van der Waals surface area (Å²) in [7, 11) is 1.30. The van der Waals surface area contributed by atoms with Gasteiger partial charge in [0.1, 0.15) is 25.0 Å². The molecule has 0 saturated heterocycles. The highest BCUT2D eigenvalue weighted by Gasteiger charge is 2.20. The molecule has 0 radical (unpaired) electrons. The van der Waals surface area contributed by atoms with E-state index in [2.05, 4.69) is 19.6 Å². The molecule has 12 heteroatoms. The molecule has 1 unspecified atom stereocenters. The maximum atomic E-state index is 11.5. The van der Waals surface area contributed by atoms with E-state index in [0.717, 1.165) is 12.1 Å². The summed E-state index contributed by atoms with van der Waals surface area (Å²) >= 11 is 0. The molecule has 33 heavy (non-hydrogen) atoms. The van der Waals surface area contributed by atoms with Crippen LogP contribution in [-0.4, -0.2) is 99.6 Å². The fourth-order valence-electron chi connectivity index (χ4n) is 3.52. The summed E-state index contributed by atoms with van der Waals surface area (Å²) in [6.45, 7) is 1.95. The first-order valence-electron chi connectivity index (χ1n) is 10.7. The van der Waals surface area contributed by atoms with Crippen LogP contribution in [0, 0.1) is 0 Å². The van der Waals surface area contributed by atoms with Gasteiger partial charge in [-0.25, -0.2) is 4.98 Å². The Morgan fingerprint density at radius 2 is 1.97 bits per heavy atom. The zero-order valence-corrected chi connectivity index (χ0v) is 18.8. The van der Waals surface area contributed by atoms with Crippen molar-refractivity contribution < 1.29 is 29.3 Å². The second kappa shape index (κ2) is 13.3. The van der Waals surface area contributed by atoms with Crippen molar-refractivity contribution >= 4 is 24.1 Å². The molecule has 182 valence electrons. The number of ether oxygens (including phenoxy) is 1. The number of aromatic nitrogens is 2. The lowest BCUT2D eigenvalue weighted by Crippen LogP contribution is -2.37. The van der Waals surface area contributed by atoms with Crippen LogP contribution in [0.1, 0.15) is 25.1 Å². The van der Waals surface area contributed by atoms with E-state index in [4.69, 9.17) is 10.8 Å². The van der Waals surface area contributed by atoms with Gasteiger partial charge in [-0.05, 0) is 25.5 Å². The van der Waals surface area contributed by atoms with E-state index in [9.17, 15) is 19.5 Å². The normalized spacial score (nSPS) is 14.6. The number of aliphatic imine (C=N–C) groups is 1. The van der Waals surface area contributed by atoms with Gasteiger partial charge in [0.2, 0.25) is 0 Å². The number of aliphatic carboxylic acids is 2. The van der Waals surface area contributed by atoms with Crippen molar-refractivity contribution in [3.63, 3.8) is 0 Å². The first-order valence-corrected chi connectivity index (χ1v) is 10.7. The van der Waals surface area contributed by atoms with E-state index < -0.39 is 23.9 Å². The minimum absolute atomic E-state index is 0.146. The quantitative estimate of drug-likeness (QED) is 0.248. The molecule has 1 aliphatic heterocycles. The Kier molecular flexibility index (Phi) is 10.5. The number of hydrogen-bond acceptors (Lipinski definition) is 9. The fourth-order valence-corrected chi connectivity index (χ4v) is 3.52. The molecular weight excluding hydrogens is 432 g/mol. The van der Waals surface area contributed by atoms with Gasteiger partial charge in [-0.1, -0.05) is 6.42 Å².